The summed E-state index contributed by atoms with van der Waals surface area (Å²) >= 11 is 0. The standard InChI is InChI=1S/C14H19N3/c1-10-4-2-3-5-13(10)16-12-7-6-11-9-15-17-14(11)8-12/h6-10,13,16H,2-5H2,1H3,(H,15,17). The van der Waals surface area contributed by atoms with E-state index in [4.69, 9.17) is 0 Å². The maximum atomic E-state index is 4.05. The van der Waals surface area contributed by atoms with Crippen molar-refractivity contribution in [2.75, 3.05) is 5.32 Å². The number of fused-ring (bicyclic) bond motifs is 1. The van der Waals surface area contributed by atoms with Crippen LogP contribution in [0.5, 0.6) is 0 Å². The highest BCUT2D eigenvalue weighted by Crippen LogP contribution is 2.27. The first-order chi connectivity index (χ1) is 8.33. The average Bonchev–Trinajstić information content (AvgIpc) is 2.79. The molecule has 0 radical (unpaired) electrons. The van der Waals surface area contributed by atoms with E-state index >= 15 is 0 Å². The van der Waals surface area contributed by atoms with Gasteiger partial charge in [-0.25, -0.2) is 0 Å². The Balaban J connectivity index is 1.79. The molecule has 2 unspecified atom stereocenters. The SMILES string of the molecule is CC1CCCCC1Nc1ccc2cn[nH]c2c1. The third-order valence-electron chi connectivity index (χ3n) is 3.91. The van der Waals surface area contributed by atoms with Gasteiger partial charge in [0.05, 0.1) is 11.7 Å². The Labute approximate surface area is 102 Å². The number of hydrogen-bond acceptors (Lipinski definition) is 2. The van der Waals surface area contributed by atoms with Gasteiger partial charge in [0.2, 0.25) is 0 Å². The Morgan fingerprint density at radius 2 is 2.18 bits per heavy atom. The van der Waals surface area contributed by atoms with Crippen LogP contribution < -0.4 is 5.32 Å². The van der Waals surface area contributed by atoms with Crippen molar-refractivity contribution in [1.82, 2.24) is 10.2 Å². The minimum atomic E-state index is 0.629. The van der Waals surface area contributed by atoms with Gasteiger partial charge in [0.1, 0.15) is 0 Å². The molecule has 1 fully saturated rings. The predicted molar refractivity (Wildman–Crippen MR) is 71.1 cm³/mol. The smallest absolute Gasteiger partial charge is 0.0670 e. The van der Waals surface area contributed by atoms with E-state index < -0.39 is 0 Å². The highest BCUT2D eigenvalue weighted by molar-refractivity contribution is 5.81. The van der Waals surface area contributed by atoms with Gasteiger partial charge in [-0.2, -0.15) is 5.10 Å². The van der Waals surface area contributed by atoms with E-state index in [9.17, 15) is 0 Å². The summed E-state index contributed by atoms with van der Waals surface area (Å²) in [4.78, 5) is 0. The topological polar surface area (TPSA) is 40.7 Å². The van der Waals surface area contributed by atoms with E-state index in [2.05, 4.69) is 40.6 Å². The fourth-order valence-corrected chi connectivity index (χ4v) is 2.77. The molecule has 0 saturated heterocycles. The first kappa shape index (κ1) is 10.6. The van der Waals surface area contributed by atoms with E-state index in [0.717, 1.165) is 11.4 Å². The molecular formula is C14H19N3. The molecule has 1 aromatic carbocycles. The molecule has 2 atom stereocenters. The number of aromatic nitrogens is 2. The van der Waals surface area contributed by atoms with Gasteiger partial charge in [0, 0.05) is 17.1 Å². The van der Waals surface area contributed by atoms with Gasteiger partial charge in [-0.05, 0) is 37.0 Å². The molecule has 2 N–H and O–H groups in total. The lowest BCUT2D eigenvalue weighted by Crippen LogP contribution is -2.30. The first-order valence-corrected chi connectivity index (χ1v) is 6.52. The van der Waals surface area contributed by atoms with Gasteiger partial charge < -0.3 is 5.32 Å². The summed E-state index contributed by atoms with van der Waals surface area (Å²) in [5.74, 6) is 0.779. The molecule has 3 rings (SSSR count). The van der Waals surface area contributed by atoms with Gasteiger partial charge in [-0.1, -0.05) is 19.8 Å². The van der Waals surface area contributed by atoms with Gasteiger partial charge in [-0.15, -0.1) is 0 Å². The van der Waals surface area contributed by atoms with Crippen molar-refractivity contribution in [3.63, 3.8) is 0 Å². The molecule has 0 bridgehead atoms. The van der Waals surface area contributed by atoms with Crippen LogP contribution in [0.2, 0.25) is 0 Å². The first-order valence-electron chi connectivity index (χ1n) is 6.52. The second-order valence-corrected chi connectivity index (χ2v) is 5.18. The molecule has 1 aliphatic rings. The Morgan fingerprint density at radius 1 is 1.29 bits per heavy atom. The lowest BCUT2D eigenvalue weighted by Gasteiger charge is -2.30. The molecule has 0 aliphatic heterocycles. The normalized spacial score (nSPS) is 25.0. The lowest BCUT2D eigenvalue weighted by atomic mass is 9.86. The van der Waals surface area contributed by atoms with Crippen LogP contribution in [-0.4, -0.2) is 16.2 Å². The van der Waals surface area contributed by atoms with E-state index in [0.29, 0.717) is 6.04 Å². The number of nitrogens with one attached hydrogen (secondary N) is 2. The van der Waals surface area contributed by atoms with E-state index in [1.165, 1.54) is 36.8 Å². The molecule has 17 heavy (non-hydrogen) atoms. The fraction of sp³-hybridized carbons (Fsp3) is 0.500. The number of hydrogen-bond donors (Lipinski definition) is 2. The van der Waals surface area contributed by atoms with Crippen LogP contribution in [0.25, 0.3) is 10.9 Å². The second kappa shape index (κ2) is 4.40. The van der Waals surface area contributed by atoms with Crippen LogP contribution in [0.15, 0.2) is 24.4 Å². The van der Waals surface area contributed by atoms with Gasteiger partial charge in [0.25, 0.3) is 0 Å². The molecule has 0 spiro atoms. The summed E-state index contributed by atoms with van der Waals surface area (Å²) in [6.45, 7) is 2.35. The molecule has 1 heterocycles. The molecule has 3 nitrogen and oxygen atoms in total. The van der Waals surface area contributed by atoms with Gasteiger partial charge in [-0.3, -0.25) is 5.10 Å². The van der Waals surface area contributed by atoms with Crippen molar-refractivity contribution in [2.24, 2.45) is 5.92 Å². The molecule has 1 aromatic heterocycles. The number of aromatic amines is 1. The molecule has 1 saturated carbocycles. The van der Waals surface area contributed by atoms with E-state index in [-0.39, 0.29) is 0 Å². The minimum absolute atomic E-state index is 0.629. The summed E-state index contributed by atoms with van der Waals surface area (Å²) in [5, 5.41) is 11.9. The van der Waals surface area contributed by atoms with Gasteiger partial charge in [0.15, 0.2) is 0 Å². The molecule has 0 amide bonds. The van der Waals surface area contributed by atoms with E-state index in [1.807, 2.05) is 6.20 Å². The second-order valence-electron chi connectivity index (χ2n) is 5.18. The van der Waals surface area contributed by atoms with Crippen molar-refractivity contribution < 1.29 is 0 Å². The largest absolute Gasteiger partial charge is 0.382 e. The van der Waals surface area contributed by atoms with E-state index in [1.54, 1.807) is 0 Å². The quantitative estimate of drug-likeness (QED) is 0.826. The molecular weight excluding hydrogens is 210 g/mol. The number of anilines is 1. The highest BCUT2D eigenvalue weighted by atomic mass is 15.1. The lowest BCUT2D eigenvalue weighted by molar-refractivity contribution is 0.349. The van der Waals surface area contributed by atoms with Crippen molar-refractivity contribution in [3.8, 4) is 0 Å². The zero-order valence-electron chi connectivity index (χ0n) is 10.2. The zero-order valence-corrected chi connectivity index (χ0v) is 10.2. The maximum absolute atomic E-state index is 4.05. The van der Waals surface area contributed by atoms with Crippen molar-refractivity contribution in [2.45, 2.75) is 38.6 Å². The summed E-state index contributed by atoms with van der Waals surface area (Å²) < 4.78 is 0. The Morgan fingerprint density at radius 3 is 3.06 bits per heavy atom. The highest BCUT2D eigenvalue weighted by Gasteiger charge is 2.20. The zero-order chi connectivity index (χ0) is 11.7. The Bertz CT molecular complexity index is 503. The maximum Gasteiger partial charge on any atom is 0.0670 e. The van der Waals surface area contributed by atoms with Gasteiger partial charge >= 0.3 is 0 Å². The molecule has 3 heteroatoms. The van der Waals surface area contributed by atoms with Crippen molar-refractivity contribution in [3.05, 3.63) is 24.4 Å². The minimum Gasteiger partial charge on any atom is -0.382 e. The predicted octanol–water partition coefficient (Wildman–Crippen LogP) is 3.55. The van der Waals surface area contributed by atoms with Crippen LogP contribution in [0.1, 0.15) is 32.6 Å². The number of benzene rings is 1. The van der Waals surface area contributed by atoms with Crippen LogP contribution in [0, 0.1) is 5.92 Å². The van der Waals surface area contributed by atoms with Crippen LogP contribution >= 0.6 is 0 Å². The van der Waals surface area contributed by atoms with Crippen molar-refractivity contribution >= 4 is 16.6 Å². The van der Waals surface area contributed by atoms with Crippen LogP contribution in [0.3, 0.4) is 0 Å². The summed E-state index contributed by atoms with van der Waals surface area (Å²) in [6.07, 6.45) is 7.25. The summed E-state index contributed by atoms with van der Waals surface area (Å²) in [5.41, 5.74) is 2.32. The number of rotatable bonds is 2. The summed E-state index contributed by atoms with van der Waals surface area (Å²) in [7, 11) is 0. The number of H-pyrrole nitrogens is 1. The molecule has 90 valence electrons. The molecule has 1 aliphatic carbocycles. The monoisotopic (exact) mass is 229 g/mol. The fourth-order valence-electron chi connectivity index (χ4n) is 2.77. The third kappa shape index (κ3) is 2.14. The summed E-state index contributed by atoms with van der Waals surface area (Å²) in [6, 6.07) is 7.06. The Kier molecular flexibility index (Phi) is 2.75. The van der Waals surface area contributed by atoms with Crippen LogP contribution in [-0.2, 0) is 0 Å². The number of nitrogens with zero attached hydrogens (tertiary/aromatic N) is 1. The Hall–Kier alpha value is -1.51. The average molecular weight is 229 g/mol. The molecule has 2 aromatic rings. The third-order valence-corrected chi connectivity index (χ3v) is 3.91. The van der Waals surface area contributed by atoms with Crippen molar-refractivity contribution in [1.29, 1.82) is 0 Å². The van der Waals surface area contributed by atoms with Crippen LogP contribution in [0.4, 0.5) is 5.69 Å².